The van der Waals surface area contributed by atoms with E-state index in [0.717, 1.165) is 5.56 Å². The van der Waals surface area contributed by atoms with E-state index in [4.69, 9.17) is 27.5 Å². The third-order valence-electron chi connectivity index (χ3n) is 4.97. The summed E-state index contributed by atoms with van der Waals surface area (Å²) in [6, 6.07) is 13.6. The van der Waals surface area contributed by atoms with E-state index in [-0.39, 0.29) is 11.8 Å². The van der Waals surface area contributed by atoms with E-state index in [2.05, 4.69) is 10.3 Å². The molecule has 1 unspecified atom stereocenters. The van der Waals surface area contributed by atoms with Gasteiger partial charge in [-0.1, -0.05) is 41.9 Å². The fourth-order valence-corrected chi connectivity index (χ4v) is 3.42. The van der Waals surface area contributed by atoms with Gasteiger partial charge in [-0.2, -0.15) is 0 Å². The Kier molecular flexibility index (Phi) is 7.81. The molecule has 3 aromatic rings. The molecular formula is C22H27ClN4O3. The largest absolute Gasteiger partial charge is 0.438 e. The Labute approximate surface area is 180 Å². The number of nitrogens with one attached hydrogen (secondary N) is 1. The van der Waals surface area contributed by atoms with Crippen molar-refractivity contribution in [3.63, 3.8) is 0 Å². The van der Waals surface area contributed by atoms with E-state index < -0.39 is 18.2 Å². The molecule has 0 aliphatic heterocycles. The highest BCUT2D eigenvalue weighted by Gasteiger charge is 2.28. The van der Waals surface area contributed by atoms with Crippen LogP contribution in [-0.2, 0) is 11.2 Å². The lowest BCUT2D eigenvalue weighted by atomic mass is 10.00. The molecule has 30 heavy (non-hydrogen) atoms. The summed E-state index contributed by atoms with van der Waals surface area (Å²) < 4.78 is 5.71. The highest BCUT2D eigenvalue weighted by atomic mass is 35.5. The van der Waals surface area contributed by atoms with Gasteiger partial charge in [0.2, 0.25) is 11.8 Å². The number of carbonyl (C=O) groups is 1. The first-order valence-electron chi connectivity index (χ1n) is 10.0. The van der Waals surface area contributed by atoms with Crippen molar-refractivity contribution in [2.75, 3.05) is 6.54 Å². The molecule has 2 aromatic carbocycles. The van der Waals surface area contributed by atoms with Crippen LogP contribution in [0, 0.1) is 0 Å². The fourth-order valence-electron chi connectivity index (χ4n) is 3.25. The molecule has 0 radical (unpaired) electrons. The average Bonchev–Trinajstić information content (AvgIpc) is 3.18. The van der Waals surface area contributed by atoms with Gasteiger partial charge in [0.25, 0.3) is 0 Å². The topological polar surface area (TPSA) is 127 Å². The van der Waals surface area contributed by atoms with Crippen molar-refractivity contribution in [1.82, 2.24) is 10.3 Å². The van der Waals surface area contributed by atoms with E-state index in [9.17, 15) is 9.90 Å². The van der Waals surface area contributed by atoms with Crippen molar-refractivity contribution in [2.24, 2.45) is 11.5 Å². The second kappa shape index (κ2) is 10.5. The van der Waals surface area contributed by atoms with E-state index in [0.29, 0.717) is 48.4 Å². The fraction of sp³-hybridized carbons (Fsp3) is 0.364. The maximum Gasteiger partial charge on any atom is 0.237 e. The zero-order valence-corrected chi connectivity index (χ0v) is 17.4. The second-order valence-electron chi connectivity index (χ2n) is 7.29. The molecular weight excluding hydrogens is 404 g/mol. The van der Waals surface area contributed by atoms with Crippen molar-refractivity contribution >= 4 is 28.6 Å². The summed E-state index contributed by atoms with van der Waals surface area (Å²) in [5.74, 6) is -0.208. The maximum absolute atomic E-state index is 12.6. The first-order valence-corrected chi connectivity index (χ1v) is 10.4. The summed E-state index contributed by atoms with van der Waals surface area (Å²) in [5.41, 5.74) is 13.6. The zero-order chi connectivity index (χ0) is 21.5. The smallest absolute Gasteiger partial charge is 0.237 e. The molecule has 0 aliphatic rings. The Morgan fingerprint density at radius 3 is 2.70 bits per heavy atom. The van der Waals surface area contributed by atoms with Crippen LogP contribution in [0.25, 0.3) is 11.1 Å². The van der Waals surface area contributed by atoms with Crippen molar-refractivity contribution in [2.45, 2.75) is 43.9 Å². The number of rotatable bonds is 10. The van der Waals surface area contributed by atoms with Crippen LogP contribution in [0.3, 0.4) is 0 Å². The molecule has 0 fully saturated rings. The molecule has 1 heterocycles. The number of aliphatic hydroxyl groups excluding tert-OH is 1. The van der Waals surface area contributed by atoms with Crippen molar-refractivity contribution in [3.05, 3.63) is 65.0 Å². The molecule has 3 rings (SSSR count). The molecule has 3 atom stereocenters. The second-order valence-corrected chi connectivity index (χ2v) is 7.72. The number of oxazole rings is 1. The number of aliphatic hydroxyl groups is 1. The van der Waals surface area contributed by atoms with Gasteiger partial charge in [0, 0.05) is 5.02 Å². The number of hydrogen-bond acceptors (Lipinski definition) is 6. The van der Waals surface area contributed by atoms with E-state index in [1.54, 1.807) is 18.2 Å². The molecule has 6 N–H and O–H groups in total. The number of hydrogen-bond donors (Lipinski definition) is 4. The van der Waals surface area contributed by atoms with E-state index in [1.807, 2.05) is 30.3 Å². The van der Waals surface area contributed by atoms with Crippen LogP contribution >= 0.6 is 11.6 Å². The molecule has 7 nitrogen and oxygen atoms in total. The first-order chi connectivity index (χ1) is 14.5. The number of halogens is 1. The molecule has 8 heteroatoms. The molecule has 0 saturated carbocycles. The van der Waals surface area contributed by atoms with Gasteiger partial charge in [-0.05, 0) is 56.0 Å². The van der Waals surface area contributed by atoms with Crippen molar-refractivity contribution < 1.29 is 14.3 Å². The lowest BCUT2D eigenvalue weighted by Crippen LogP contribution is -2.48. The Morgan fingerprint density at radius 2 is 1.97 bits per heavy atom. The number of aryl methyl sites for hydroxylation is 1. The van der Waals surface area contributed by atoms with Crippen LogP contribution < -0.4 is 16.8 Å². The van der Waals surface area contributed by atoms with Crippen LogP contribution in [-0.4, -0.2) is 34.6 Å². The predicted molar refractivity (Wildman–Crippen MR) is 117 cm³/mol. The summed E-state index contributed by atoms with van der Waals surface area (Å²) in [4.78, 5) is 16.9. The van der Waals surface area contributed by atoms with Crippen LogP contribution in [0.1, 0.15) is 36.8 Å². The summed E-state index contributed by atoms with van der Waals surface area (Å²) in [5, 5.41) is 14.4. The van der Waals surface area contributed by atoms with Gasteiger partial charge < -0.3 is 26.3 Å². The summed E-state index contributed by atoms with van der Waals surface area (Å²) in [6.07, 6.45) is 1.14. The predicted octanol–water partition coefficient (Wildman–Crippen LogP) is 2.70. The van der Waals surface area contributed by atoms with Crippen LogP contribution in [0.5, 0.6) is 0 Å². The normalized spacial score (nSPS) is 14.4. The van der Waals surface area contributed by atoms with Crippen LogP contribution in [0.4, 0.5) is 0 Å². The van der Waals surface area contributed by atoms with Gasteiger partial charge in [-0.25, -0.2) is 4.98 Å². The SMILES string of the molecule is NCCC[C@@H](N)C(=O)N[C@H](CCc1ccccc1)C(O)c1nc2cc(Cl)ccc2o1. The minimum atomic E-state index is -1.13. The Hall–Kier alpha value is -2.45. The number of carbonyl (C=O) groups excluding carboxylic acids is 1. The molecule has 0 saturated heterocycles. The molecule has 1 aromatic heterocycles. The van der Waals surface area contributed by atoms with E-state index in [1.165, 1.54) is 0 Å². The Morgan fingerprint density at radius 1 is 1.20 bits per heavy atom. The van der Waals surface area contributed by atoms with Gasteiger partial charge in [0.05, 0.1) is 12.1 Å². The van der Waals surface area contributed by atoms with Crippen molar-refractivity contribution in [1.29, 1.82) is 0 Å². The molecule has 0 spiro atoms. The first kappa shape index (κ1) is 22.2. The number of nitrogens with two attached hydrogens (primary N) is 2. The van der Waals surface area contributed by atoms with E-state index >= 15 is 0 Å². The van der Waals surface area contributed by atoms with Crippen LogP contribution in [0.2, 0.25) is 5.02 Å². The monoisotopic (exact) mass is 430 g/mol. The lowest BCUT2D eigenvalue weighted by molar-refractivity contribution is -0.124. The third kappa shape index (κ3) is 5.79. The number of benzene rings is 2. The minimum absolute atomic E-state index is 0.126. The Balaban J connectivity index is 1.77. The molecule has 0 aliphatic carbocycles. The maximum atomic E-state index is 12.6. The number of nitrogens with zero attached hydrogens (tertiary/aromatic N) is 1. The lowest BCUT2D eigenvalue weighted by Gasteiger charge is -2.24. The quantitative estimate of drug-likeness (QED) is 0.391. The number of fused-ring (bicyclic) bond motifs is 1. The molecule has 160 valence electrons. The van der Waals surface area contributed by atoms with Gasteiger partial charge in [0.1, 0.15) is 5.52 Å². The highest BCUT2D eigenvalue weighted by molar-refractivity contribution is 6.31. The standard InChI is InChI=1S/C22H27ClN4O3/c23-15-9-11-19-18(13-15)27-22(30-19)20(28)17(10-8-14-5-2-1-3-6-14)26-21(29)16(25)7-4-12-24/h1-3,5-6,9,11,13,16-17,20,28H,4,7-8,10,12,24-25H2,(H,26,29)/t16-,17-,20?/m1/s1. The summed E-state index contributed by atoms with van der Waals surface area (Å²) in [7, 11) is 0. The Bertz CT molecular complexity index is 963. The van der Waals surface area contributed by atoms with Gasteiger partial charge in [-0.3, -0.25) is 4.79 Å². The zero-order valence-electron chi connectivity index (χ0n) is 16.6. The summed E-state index contributed by atoms with van der Waals surface area (Å²) in [6.45, 7) is 0.465. The van der Waals surface area contributed by atoms with Gasteiger partial charge in [0.15, 0.2) is 11.7 Å². The number of amides is 1. The third-order valence-corrected chi connectivity index (χ3v) is 5.21. The van der Waals surface area contributed by atoms with Crippen molar-refractivity contribution in [3.8, 4) is 0 Å². The highest BCUT2D eigenvalue weighted by Crippen LogP contribution is 2.26. The molecule has 1 amide bonds. The number of aromatic nitrogens is 1. The molecule has 0 bridgehead atoms. The minimum Gasteiger partial charge on any atom is -0.438 e. The average molecular weight is 431 g/mol. The summed E-state index contributed by atoms with van der Waals surface area (Å²) >= 11 is 6.01. The van der Waals surface area contributed by atoms with Crippen LogP contribution in [0.15, 0.2) is 52.9 Å². The van der Waals surface area contributed by atoms with Gasteiger partial charge in [-0.15, -0.1) is 0 Å². The van der Waals surface area contributed by atoms with Gasteiger partial charge >= 0.3 is 0 Å².